The van der Waals surface area contributed by atoms with E-state index >= 15 is 0 Å². The number of benzene rings is 2. The van der Waals surface area contributed by atoms with Crippen molar-refractivity contribution in [2.75, 3.05) is 0 Å². The standard InChI is InChI=1S/C14H10Cl2N2S/c15-10-6-4-9(5-7-10)8-18-12-3-1-2-11(16)13(12)17-14(18)19/h1-7H,8H2,(H,17,19). The molecule has 2 nitrogen and oxygen atoms in total. The van der Waals surface area contributed by atoms with Crippen LogP contribution in [0.25, 0.3) is 11.0 Å². The largest absolute Gasteiger partial charge is 0.329 e. The lowest BCUT2D eigenvalue weighted by atomic mass is 10.2. The molecule has 0 radical (unpaired) electrons. The van der Waals surface area contributed by atoms with E-state index in [2.05, 4.69) is 4.98 Å². The molecule has 0 amide bonds. The summed E-state index contributed by atoms with van der Waals surface area (Å²) in [5.41, 5.74) is 3.02. The summed E-state index contributed by atoms with van der Waals surface area (Å²) < 4.78 is 2.69. The highest BCUT2D eigenvalue weighted by Crippen LogP contribution is 2.23. The fourth-order valence-electron chi connectivity index (χ4n) is 2.07. The number of hydrogen-bond acceptors (Lipinski definition) is 1. The fraction of sp³-hybridized carbons (Fsp3) is 0.0714. The second kappa shape index (κ2) is 5.00. The predicted molar refractivity (Wildman–Crippen MR) is 82.7 cm³/mol. The topological polar surface area (TPSA) is 20.7 Å². The van der Waals surface area contributed by atoms with Crippen LogP contribution >= 0.6 is 35.4 Å². The molecule has 0 fully saturated rings. The molecule has 1 N–H and O–H groups in total. The second-order valence-electron chi connectivity index (χ2n) is 4.28. The van der Waals surface area contributed by atoms with Gasteiger partial charge in [0, 0.05) is 5.02 Å². The van der Waals surface area contributed by atoms with E-state index in [4.69, 9.17) is 35.4 Å². The molecular weight excluding hydrogens is 299 g/mol. The molecule has 0 aliphatic heterocycles. The Hall–Kier alpha value is -1.29. The van der Waals surface area contributed by atoms with Crippen molar-refractivity contribution in [2.24, 2.45) is 0 Å². The van der Waals surface area contributed by atoms with Gasteiger partial charge in [-0.2, -0.15) is 0 Å². The number of nitrogens with one attached hydrogen (secondary N) is 1. The molecule has 5 heteroatoms. The van der Waals surface area contributed by atoms with E-state index in [9.17, 15) is 0 Å². The number of para-hydroxylation sites is 1. The summed E-state index contributed by atoms with van der Waals surface area (Å²) in [5.74, 6) is 0. The summed E-state index contributed by atoms with van der Waals surface area (Å²) in [5, 5.41) is 1.41. The first-order valence-electron chi connectivity index (χ1n) is 5.76. The van der Waals surface area contributed by atoms with E-state index in [1.165, 1.54) is 0 Å². The molecule has 0 spiro atoms. The zero-order valence-corrected chi connectivity index (χ0v) is 12.2. The zero-order valence-electron chi connectivity index (χ0n) is 9.86. The third-order valence-corrected chi connectivity index (χ3v) is 3.90. The summed E-state index contributed by atoms with van der Waals surface area (Å²) in [6, 6.07) is 13.5. The van der Waals surface area contributed by atoms with Gasteiger partial charge in [0.1, 0.15) is 0 Å². The number of halogens is 2. The SMILES string of the molecule is S=c1[nH]c2c(Cl)cccc2n1Cc1ccc(Cl)cc1. The number of imidazole rings is 1. The molecule has 0 unspecified atom stereocenters. The van der Waals surface area contributed by atoms with Crippen LogP contribution in [-0.2, 0) is 6.54 Å². The Kier molecular flexibility index (Phi) is 3.35. The summed E-state index contributed by atoms with van der Waals surface area (Å²) in [6.07, 6.45) is 0. The monoisotopic (exact) mass is 308 g/mol. The maximum Gasteiger partial charge on any atom is 0.178 e. The average Bonchev–Trinajstić information content (AvgIpc) is 2.71. The van der Waals surface area contributed by atoms with Gasteiger partial charge in [-0.1, -0.05) is 41.4 Å². The number of aromatic amines is 1. The highest BCUT2D eigenvalue weighted by atomic mass is 35.5. The minimum absolute atomic E-state index is 0.665. The minimum atomic E-state index is 0.665. The quantitative estimate of drug-likeness (QED) is 0.657. The van der Waals surface area contributed by atoms with E-state index in [0.29, 0.717) is 16.3 Å². The van der Waals surface area contributed by atoms with Crippen LogP contribution in [0.1, 0.15) is 5.56 Å². The van der Waals surface area contributed by atoms with Crippen LogP contribution in [0.5, 0.6) is 0 Å². The number of fused-ring (bicyclic) bond motifs is 1. The number of H-pyrrole nitrogens is 1. The van der Waals surface area contributed by atoms with Gasteiger partial charge in [0.15, 0.2) is 4.77 Å². The van der Waals surface area contributed by atoms with Crippen LogP contribution in [0.4, 0.5) is 0 Å². The summed E-state index contributed by atoms with van der Waals surface area (Å²) in [4.78, 5) is 3.15. The van der Waals surface area contributed by atoms with Gasteiger partial charge < -0.3 is 9.55 Å². The van der Waals surface area contributed by atoms with Gasteiger partial charge in [0.05, 0.1) is 22.6 Å². The molecule has 0 bridgehead atoms. The van der Waals surface area contributed by atoms with Crippen molar-refractivity contribution < 1.29 is 0 Å². The van der Waals surface area contributed by atoms with Gasteiger partial charge in [-0.15, -0.1) is 0 Å². The molecule has 0 saturated carbocycles. The Labute approximate surface area is 125 Å². The van der Waals surface area contributed by atoms with Crippen molar-refractivity contribution in [3.05, 3.63) is 62.8 Å². The summed E-state index contributed by atoms with van der Waals surface area (Å²) in [7, 11) is 0. The smallest absolute Gasteiger partial charge is 0.178 e. The second-order valence-corrected chi connectivity index (χ2v) is 5.51. The molecule has 19 heavy (non-hydrogen) atoms. The number of nitrogens with zero attached hydrogens (tertiary/aromatic N) is 1. The van der Waals surface area contributed by atoms with Crippen LogP contribution in [0.15, 0.2) is 42.5 Å². The lowest BCUT2D eigenvalue weighted by Gasteiger charge is -2.05. The minimum Gasteiger partial charge on any atom is -0.329 e. The highest BCUT2D eigenvalue weighted by molar-refractivity contribution is 7.71. The lowest BCUT2D eigenvalue weighted by molar-refractivity contribution is 0.810. The van der Waals surface area contributed by atoms with Crippen molar-refractivity contribution in [1.82, 2.24) is 9.55 Å². The van der Waals surface area contributed by atoms with Crippen molar-refractivity contribution in [2.45, 2.75) is 6.54 Å². The van der Waals surface area contributed by atoms with Crippen molar-refractivity contribution in [3.63, 3.8) is 0 Å². The van der Waals surface area contributed by atoms with Crippen molar-refractivity contribution in [3.8, 4) is 0 Å². The van der Waals surface area contributed by atoms with E-state index < -0.39 is 0 Å². The third-order valence-electron chi connectivity index (χ3n) is 3.01. The first-order valence-corrected chi connectivity index (χ1v) is 6.93. The van der Waals surface area contributed by atoms with Gasteiger partial charge in [0.25, 0.3) is 0 Å². The Balaban J connectivity index is 2.10. The van der Waals surface area contributed by atoms with E-state index in [1.807, 2.05) is 47.0 Å². The Bertz CT molecular complexity index is 787. The van der Waals surface area contributed by atoms with Crippen LogP contribution in [0.2, 0.25) is 10.0 Å². The number of aromatic nitrogens is 2. The molecule has 3 aromatic rings. The zero-order chi connectivity index (χ0) is 13.4. The summed E-state index contributed by atoms with van der Waals surface area (Å²) >= 11 is 17.4. The molecule has 96 valence electrons. The first kappa shape index (κ1) is 12.7. The molecule has 1 heterocycles. The maximum absolute atomic E-state index is 6.16. The van der Waals surface area contributed by atoms with Crippen LogP contribution in [0, 0.1) is 4.77 Å². The van der Waals surface area contributed by atoms with Crippen molar-refractivity contribution >= 4 is 46.5 Å². The lowest BCUT2D eigenvalue weighted by Crippen LogP contribution is -1.99. The highest BCUT2D eigenvalue weighted by Gasteiger charge is 2.07. The third kappa shape index (κ3) is 2.41. The van der Waals surface area contributed by atoms with Gasteiger partial charge >= 0.3 is 0 Å². The van der Waals surface area contributed by atoms with Gasteiger partial charge in [-0.25, -0.2) is 0 Å². The maximum atomic E-state index is 6.16. The van der Waals surface area contributed by atoms with Crippen molar-refractivity contribution in [1.29, 1.82) is 0 Å². The number of hydrogen-bond donors (Lipinski definition) is 1. The van der Waals surface area contributed by atoms with Crippen LogP contribution in [0.3, 0.4) is 0 Å². The fourth-order valence-corrected chi connectivity index (χ4v) is 2.68. The molecule has 0 atom stereocenters. The predicted octanol–water partition coefficient (Wildman–Crippen LogP) is 5.05. The van der Waals surface area contributed by atoms with Crippen LogP contribution < -0.4 is 0 Å². The number of rotatable bonds is 2. The van der Waals surface area contributed by atoms with Gasteiger partial charge in [0.2, 0.25) is 0 Å². The van der Waals surface area contributed by atoms with Gasteiger partial charge in [-0.3, -0.25) is 0 Å². The normalized spacial score (nSPS) is 11.1. The van der Waals surface area contributed by atoms with Gasteiger partial charge in [-0.05, 0) is 42.0 Å². The summed E-state index contributed by atoms with van der Waals surface area (Å²) in [6.45, 7) is 0.691. The molecule has 3 rings (SSSR count). The molecule has 0 aliphatic carbocycles. The molecule has 1 aromatic heterocycles. The molecule has 0 aliphatic rings. The first-order chi connectivity index (χ1) is 9.15. The molecule has 0 saturated heterocycles. The Morgan fingerprint density at radius 3 is 2.53 bits per heavy atom. The average molecular weight is 309 g/mol. The van der Waals surface area contributed by atoms with E-state index in [0.717, 1.165) is 21.6 Å². The Morgan fingerprint density at radius 1 is 1.05 bits per heavy atom. The van der Waals surface area contributed by atoms with Crippen LogP contribution in [-0.4, -0.2) is 9.55 Å². The molecular formula is C14H10Cl2N2S. The molecule has 2 aromatic carbocycles. The Morgan fingerprint density at radius 2 is 1.79 bits per heavy atom. The van der Waals surface area contributed by atoms with E-state index in [-0.39, 0.29) is 0 Å². The van der Waals surface area contributed by atoms with E-state index in [1.54, 1.807) is 0 Å².